The first-order chi connectivity index (χ1) is 26.1. The van der Waals surface area contributed by atoms with E-state index in [4.69, 9.17) is 14.2 Å². The van der Waals surface area contributed by atoms with Crippen molar-refractivity contribution in [2.45, 2.75) is 187 Å². The zero-order valence-electron chi connectivity index (χ0n) is 35.4. The third kappa shape index (κ3) is 35.0. The molecule has 54 heavy (non-hydrogen) atoms. The summed E-state index contributed by atoms with van der Waals surface area (Å²) in [7, 11) is 5.40. The van der Waals surface area contributed by atoms with Crippen molar-refractivity contribution < 1.29 is 38.2 Å². The summed E-state index contributed by atoms with van der Waals surface area (Å²) in [6, 6.07) is -0.727. The van der Waals surface area contributed by atoms with Gasteiger partial charge in [-0.05, 0) is 51.4 Å². The molecule has 0 aliphatic rings. The van der Waals surface area contributed by atoms with E-state index in [1.54, 1.807) is 21.1 Å². The highest BCUT2D eigenvalue weighted by molar-refractivity contribution is 5.70. The molecular formula is C46H81NO7. The minimum absolute atomic E-state index is 0.0368. The van der Waals surface area contributed by atoms with Gasteiger partial charge in [0.05, 0.1) is 40.3 Å². The molecule has 0 saturated carbocycles. The Morgan fingerprint density at radius 1 is 0.574 bits per heavy atom. The van der Waals surface area contributed by atoms with Gasteiger partial charge in [-0.1, -0.05) is 152 Å². The van der Waals surface area contributed by atoms with Gasteiger partial charge in [0.25, 0.3) is 0 Å². The first kappa shape index (κ1) is 51.3. The van der Waals surface area contributed by atoms with E-state index in [0.717, 1.165) is 77.0 Å². The quantitative estimate of drug-likeness (QED) is 0.0267. The molecule has 0 spiro atoms. The van der Waals surface area contributed by atoms with Crippen LogP contribution in [0.2, 0.25) is 0 Å². The summed E-state index contributed by atoms with van der Waals surface area (Å²) >= 11 is 0. The van der Waals surface area contributed by atoms with Crippen molar-refractivity contribution in [3.8, 4) is 0 Å². The molecule has 2 unspecified atom stereocenters. The zero-order valence-corrected chi connectivity index (χ0v) is 35.4. The number of ether oxygens (including phenoxy) is 3. The predicted octanol–water partition coefficient (Wildman–Crippen LogP) is 10.3. The molecule has 0 N–H and O–H groups in total. The molecule has 0 bridgehead atoms. The molecule has 0 aromatic carbocycles. The van der Waals surface area contributed by atoms with Crippen LogP contribution in [0.15, 0.2) is 48.6 Å². The van der Waals surface area contributed by atoms with Gasteiger partial charge in [0.15, 0.2) is 6.10 Å². The van der Waals surface area contributed by atoms with Crippen LogP contribution in [0.5, 0.6) is 0 Å². The molecule has 0 aromatic heterocycles. The van der Waals surface area contributed by atoms with Gasteiger partial charge in [-0.2, -0.15) is 0 Å². The number of carboxylic acids is 1. The lowest BCUT2D eigenvalue weighted by molar-refractivity contribution is -0.889. The van der Waals surface area contributed by atoms with Crippen LogP contribution in [-0.2, 0) is 28.6 Å². The Balaban J connectivity index is 4.33. The van der Waals surface area contributed by atoms with Crippen LogP contribution in [0.3, 0.4) is 0 Å². The van der Waals surface area contributed by atoms with E-state index in [0.29, 0.717) is 12.8 Å². The number of carboxylic acid groups (broad SMARTS) is 1. The first-order valence-corrected chi connectivity index (χ1v) is 21.7. The topological polar surface area (TPSA) is 102 Å². The molecule has 0 amide bonds. The predicted molar refractivity (Wildman–Crippen MR) is 222 cm³/mol. The van der Waals surface area contributed by atoms with E-state index in [9.17, 15) is 19.5 Å². The third-order valence-corrected chi connectivity index (χ3v) is 9.48. The molecule has 0 heterocycles. The van der Waals surface area contributed by atoms with E-state index >= 15 is 0 Å². The summed E-state index contributed by atoms with van der Waals surface area (Å²) in [6.45, 7) is 4.52. The maximum absolute atomic E-state index is 12.7. The Bertz CT molecular complexity index is 1030. The number of hydrogen-bond acceptors (Lipinski definition) is 7. The van der Waals surface area contributed by atoms with Gasteiger partial charge in [0.1, 0.15) is 12.6 Å². The van der Waals surface area contributed by atoms with Crippen LogP contribution in [0.25, 0.3) is 0 Å². The highest BCUT2D eigenvalue weighted by Crippen LogP contribution is 2.14. The number of rotatable bonds is 38. The number of nitrogens with zero attached hydrogens (tertiary/aromatic N) is 1. The van der Waals surface area contributed by atoms with Gasteiger partial charge in [-0.3, -0.25) is 9.59 Å². The van der Waals surface area contributed by atoms with Crippen LogP contribution in [0.4, 0.5) is 0 Å². The number of likely N-dealkylation sites (N-methyl/N-ethyl adjacent to an activating group) is 1. The Kier molecular flexibility index (Phi) is 35.4. The summed E-state index contributed by atoms with van der Waals surface area (Å²) in [5, 5.41) is 11.6. The Labute approximate surface area is 331 Å². The molecule has 0 aliphatic carbocycles. The van der Waals surface area contributed by atoms with E-state index in [-0.39, 0.29) is 42.7 Å². The van der Waals surface area contributed by atoms with Crippen LogP contribution < -0.4 is 5.11 Å². The maximum Gasteiger partial charge on any atom is 0.306 e. The van der Waals surface area contributed by atoms with Crippen molar-refractivity contribution in [3.05, 3.63) is 48.6 Å². The van der Waals surface area contributed by atoms with E-state index in [2.05, 4.69) is 62.5 Å². The molecule has 0 saturated heterocycles. The molecule has 0 radical (unpaired) electrons. The fraction of sp³-hybridized carbons (Fsp3) is 0.761. The Morgan fingerprint density at radius 2 is 1.04 bits per heavy atom. The van der Waals surface area contributed by atoms with E-state index in [1.165, 1.54) is 64.2 Å². The van der Waals surface area contributed by atoms with Crippen molar-refractivity contribution in [2.24, 2.45) is 0 Å². The molecular weight excluding hydrogens is 679 g/mol. The number of unbranched alkanes of at least 4 members (excludes halogenated alkanes) is 16. The zero-order chi connectivity index (χ0) is 40.0. The number of carbonyl (C=O) groups excluding carboxylic acids is 3. The molecule has 0 fully saturated rings. The lowest BCUT2D eigenvalue weighted by Crippen LogP contribution is -2.55. The SMILES string of the molecule is CC/C=C/C/C=C/C/C=C/C/C=C/CCCCCCCCCC(=O)OC(COCCC(C(=O)[O-])[N+](C)(C)C)COC(=O)CCCCCCCCCCCC. The fourth-order valence-corrected chi connectivity index (χ4v) is 6.12. The second kappa shape index (κ2) is 37.2. The number of hydrogen-bond donors (Lipinski definition) is 0. The lowest BCUT2D eigenvalue weighted by Gasteiger charge is -2.34. The summed E-state index contributed by atoms with van der Waals surface area (Å²) in [4.78, 5) is 36.8. The van der Waals surface area contributed by atoms with Crippen molar-refractivity contribution >= 4 is 17.9 Å². The Morgan fingerprint density at radius 3 is 1.54 bits per heavy atom. The standard InChI is InChI=1S/C46H81NO7/c1-6-8-10-12-14-16-18-19-20-21-22-23-24-25-26-27-29-31-33-35-37-45(49)54-42(40-52-39-38-43(46(50)51)47(3,4)5)41-53-44(48)36-34-32-30-28-17-15-13-11-9-7-2/h8,10,14,16,19-20,22-23,42-43H,6-7,9,11-13,15,17-18,21,24-41H2,1-5H3/b10-8+,16-14+,20-19+,23-22+. The molecule has 0 rings (SSSR count). The third-order valence-electron chi connectivity index (χ3n) is 9.48. The van der Waals surface area contributed by atoms with Gasteiger partial charge in [0.2, 0.25) is 0 Å². The second-order valence-electron chi connectivity index (χ2n) is 15.6. The fourth-order valence-electron chi connectivity index (χ4n) is 6.12. The van der Waals surface area contributed by atoms with Crippen molar-refractivity contribution in [1.82, 2.24) is 0 Å². The molecule has 0 aromatic rings. The molecule has 8 nitrogen and oxygen atoms in total. The average molecular weight is 760 g/mol. The van der Waals surface area contributed by atoms with E-state index < -0.39 is 18.1 Å². The highest BCUT2D eigenvalue weighted by Gasteiger charge is 2.25. The number of carbonyl (C=O) groups is 3. The van der Waals surface area contributed by atoms with Crippen LogP contribution in [0.1, 0.15) is 174 Å². The lowest BCUT2D eigenvalue weighted by atomic mass is 10.1. The van der Waals surface area contributed by atoms with Gasteiger partial charge < -0.3 is 28.6 Å². The van der Waals surface area contributed by atoms with E-state index in [1.807, 2.05) is 0 Å². The maximum atomic E-state index is 12.7. The summed E-state index contributed by atoms with van der Waals surface area (Å²) in [6.07, 6.45) is 42.7. The second-order valence-corrected chi connectivity index (χ2v) is 15.6. The van der Waals surface area contributed by atoms with Gasteiger partial charge in [-0.25, -0.2) is 0 Å². The smallest absolute Gasteiger partial charge is 0.306 e. The van der Waals surface area contributed by atoms with Crippen molar-refractivity contribution in [3.63, 3.8) is 0 Å². The number of allylic oxidation sites excluding steroid dienone is 8. The number of aliphatic carboxylic acids is 1. The molecule has 2 atom stereocenters. The number of esters is 2. The summed E-state index contributed by atoms with van der Waals surface area (Å²) in [5.74, 6) is -1.75. The number of quaternary nitrogens is 1. The van der Waals surface area contributed by atoms with Gasteiger partial charge >= 0.3 is 11.9 Å². The highest BCUT2D eigenvalue weighted by atomic mass is 16.6. The van der Waals surface area contributed by atoms with Crippen molar-refractivity contribution in [1.29, 1.82) is 0 Å². The summed E-state index contributed by atoms with van der Waals surface area (Å²) < 4.78 is 17.1. The van der Waals surface area contributed by atoms with Crippen molar-refractivity contribution in [2.75, 3.05) is 41.0 Å². The average Bonchev–Trinajstić information content (AvgIpc) is 3.12. The Hall–Kier alpha value is -2.71. The van der Waals surface area contributed by atoms with Crippen LogP contribution >= 0.6 is 0 Å². The largest absolute Gasteiger partial charge is 0.544 e. The first-order valence-electron chi connectivity index (χ1n) is 21.7. The molecule has 8 heteroatoms. The van der Waals surface area contributed by atoms with Crippen LogP contribution in [-0.4, -0.2) is 75.5 Å². The molecule has 312 valence electrons. The minimum atomic E-state index is -1.13. The minimum Gasteiger partial charge on any atom is -0.544 e. The normalized spacial score (nSPS) is 13.4. The summed E-state index contributed by atoms with van der Waals surface area (Å²) in [5.41, 5.74) is 0. The molecule has 0 aliphatic heterocycles. The monoisotopic (exact) mass is 760 g/mol. The van der Waals surface area contributed by atoms with Crippen LogP contribution in [0, 0.1) is 0 Å². The van der Waals surface area contributed by atoms with Gasteiger partial charge in [0, 0.05) is 19.3 Å². The van der Waals surface area contributed by atoms with Gasteiger partial charge in [-0.15, -0.1) is 0 Å².